The van der Waals surface area contributed by atoms with Crippen LogP contribution in [0, 0.1) is 5.92 Å². The topological polar surface area (TPSA) is 84.9 Å². The first-order chi connectivity index (χ1) is 13.8. The molecule has 0 unspecified atom stereocenters. The van der Waals surface area contributed by atoms with Crippen molar-refractivity contribution in [2.45, 2.75) is 58.0 Å². The number of benzene rings is 1. The van der Waals surface area contributed by atoms with Crippen LogP contribution in [0.3, 0.4) is 0 Å². The molecule has 0 heterocycles. The molecule has 1 aliphatic carbocycles. The molecule has 0 spiro atoms. The average molecular weight is 405 g/mol. The second-order valence-corrected chi connectivity index (χ2v) is 7.83. The van der Waals surface area contributed by atoms with Crippen molar-refractivity contribution >= 4 is 17.8 Å². The summed E-state index contributed by atoms with van der Waals surface area (Å²) in [6.45, 7) is 3.32. The molecule has 0 bridgehead atoms. The standard InChI is InChI=1S/C22H32N2O5/c1-15(2)20(23-21(26)16-10-12-18(28-4)13-11-16)22(27)29-14-19(25)24(3)17-8-6-5-7-9-17/h10-13,15,17,20H,5-9,14H2,1-4H3,(H,23,26)/t20-/m0/s1. The Morgan fingerprint density at radius 3 is 2.28 bits per heavy atom. The number of likely N-dealkylation sites (N-methyl/N-ethyl adjacent to an activating group) is 1. The van der Waals surface area contributed by atoms with Crippen LogP contribution in [0.1, 0.15) is 56.3 Å². The predicted molar refractivity (Wildman–Crippen MR) is 110 cm³/mol. The lowest BCUT2D eigenvalue weighted by molar-refractivity contribution is -0.155. The maximum atomic E-state index is 12.5. The number of nitrogens with one attached hydrogen (secondary N) is 1. The molecule has 7 heteroatoms. The Labute approximate surface area is 172 Å². The third kappa shape index (κ3) is 6.48. The number of carbonyl (C=O) groups excluding carboxylic acids is 3. The highest BCUT2D eigenvalue weighted by molar-refractivity contribution is 5.97. The molecule has 2 amide bonds. The second kappa shape index (κ2) is 10.8. The van der Waals surface area contributed by atoms with E-state index < -0.39 is 12.0 Å². The average Bonchev–Trinajstić information content (AvgIpc) is 2.75. The second-order valence-electron chi connectivity index (χ2n) is 7.83. The number of hydrogen-bond donors (Lipinski definition) is 1. The normalized spacial score (nSPS) is 15.5. The van der Waals surface area contributed by atoms with Gasteiger partial charge < -0.3 is 19.7 Å². The lowest BCUT2D eigenvalue weighted by Gasteiger charge is -2.31. The molecule has 7 nitrogen and oxygen atoms in total. The SMILES string of the molecule is COc1ccc(C(=O)N[C@H](C(=O)OCC(=O)N(C)C2CCCCC2)C(C)C)cc1. The monoisotopic (exact) mass is 404 g/mol. The van der Waals surface area contributed by atoms with Crippen LogP contribution in [0.25, 0.3) is 0 Å². The van der Waals surface area contributed by atoms with Gasteiger partial charge in [-0.1, -0.05) is 33.1 Å². The molecule has 0 saturated heterocycles. The van der Waals surface area contributed by atoms with Crippen molar-refractivity contribution in [2.75, 3.05) is 20.8 Å². The van der Waals surface area contributed by atoms with Crippen molar-refractivity contribution in [3.63, 3.8) is 0 Å². The summed E-state index contributed by atoms with van der Waals surface area (Å²) in [5, 5.41) is 2.71. The highest BCUT2D eigenvalue weighted by Crippen LogP contribution is 2.21. The highest BCUT2D eigenvalue weighted by atomic mass is 16.5. The fourth-order valence-corrected chi connectivity index (χ4v) is 3.46. The van der Waals surface area contributed by atoms with Gasteiger partial charge in [-0.05, 0) is 43.0 Å². The summed E-state index contributed by atoms with van der Waals surface area (Å²) < 4.78 is 10.3. The summed E-state index contributed by atoms with van der Waals surface area (Å²) in [6, 6.07) is 5.98. The number of hydrogen-bond acceptors (Lipinski definition) is 5. The van der Waals surface area contributed by atoms with Gasteiger partial charge in [-0.15, -0.1) is 0 Å². The first-order valence-electron chi connectivity index (χ1n) is 10.2. The first-order valence-corrected chi connectivity index (χ1v) is 10.2. The van der Waals surface area contributed by atoms with Crippen molar-refractivity contribution in [1.29, 1.82) is 0 Å². The molecule has 0 aromatic heterocycles. The fourth-order valence-electron chi connectivity index (χ4n) is 3.46. The van der Waals surface area contributed by atoms with E-state index in [2.05, 4.69) is 5.32 Å². The molecule has 1 saturated carbocycles. The van der Waals surface area contributed by atoms with Crippen LogP contribution in [-0.2, 0) is 14.3 Å². The Hall–Kier alpha value is -2.57. The van der Waals surface area contributed by atoms with Crippen molar-refractivity contribution < 1.29 is 23.9 Å². The Balaban J connectivity index is 1.90. The molecule has 0 radical (unpaired) electrons. The predicted octanol–water partition coefficient (Wildman–Crippen LogP) is 2.78. The number of nitrogens with zero attached hydrogens (tertiary/aromatic N) is 1. The number of carbonyl (C=O) groups is 3. The quantitative estimate of drug-likeness (QED) is 0.674. The Morgan fingerprint density at radius 1 is 1.10 bits per heavy atom. The van der Waals surface area contributed by atoms with Crippen molar-refractivity contribution in [3.8, 4) is 5.75 Å². The molecular weight excluding hydrogens is 372 g/mol. The van der Waals surface area contributed by atoms with E-state index in [1.807, 2.05) is 13.8 Å². The van der Waals surface area contributed by atoms with Gasteiger partial charge in [0, 0.05) is 18.7 Å². The zero-order chi connectivity index (χ0) is 21.4. The summed E-state index contributed by atoms with van der Waals surface area (Å²) in [4.78, 5) is 39.1. The van der Waals surface area contributed by atoms with Gasteiger partial charge in [-0.2, -0.15) is 0 Å². The van der Waals surface area contributed by atoms with E-state index in [-0.39, 0.29) is 30.4 Å². The molecule has 1 fully saturated rings. The summed E-state index contributed by atoms with van der Waals surface area (Å²) in [5.74, 6) is -0.742. The van der Waals surface area contributed by atoms with Crippen LogP contribution in [-0.4, -0.2) is 55.5 Å². The molecule has 2 rings (SSSR count). The smallest absolute Gasteiger partial charge is 0.329 e. The summed E-state index contributed by atoms with van der Waals surface area (Å²) >= 11 is 0. The minimum atomic E-state index is -0.836. The van der Waals surface area contributed by atoms with E-state index in [1.54, 1.807) is 43.3 Å². The molecule has 1 aromatic rings. The van der Waals surface area contributed by atoms with Crippen molar-refractivity contribution in [2.24, 2.45) is 5.92 Å². The van der Waals surface area contributed by atoms with E-state index in [1.165, 1.54) is 6.42 Å². The molecule has 1 atom stereocenters. The van der Waals surface area contributed by atoms with Gasteiger partial charge in [0.2, 0.25) is 0 Å². The lowest BCUT2D eigenvalue weighted by Crippen LogP contribution is -2.47. The third-order valence-electron chi connectivity index (χ3n) is 5.41. The molecule has 160 valence electrons. The van der Waals surface area contributed by atoms with Crippen LogP contribution < -0.4 is 10.1 Å². The van der Waals surface area contributed by atoms with Gasteiger partial charge >= 0.3 is 5.97 Å². The van der Waals surface area contributed by atoms with Crippen LogP contribution >= 0.6 is 0 Å². The largest absolute Gasteiger partial charge is 0.497 e. The first kappa shape index (κ1) is 22.7. The molecule has 1 aliphatic rings. The molecule has 29 heavy (non-hydrogen) atoms. The zero-order valence-corrected chi connectivity index (χ0v) is 17.8. The lowest BCUT2D eigenvalue weighted by atomic mass is 9.94. The van der Waals surface area contributed by atoms with Crippen LogP contribution in [0.5, 0.6) is 5.75 Å². The highest BCUT2D eigenvalue weighted by Gasteiger charge is 2.28. The van der Waals surface area contributed by atoms with Gasteiger partial charge in [0.1, 0.15) is 11.8 Å². The minimum absolute atomic E-state index is 0.184. The van der Waals surface area contributed by atoms with Crippen LogP contribution in [0.15, 0.2) is 24.3 Å². The van der Waals surface area contributed by atoms with Crippen molar-refractivity contribution in [3.05, 3.63) is 29.8 Å². The maximum absolute atomic E-state index is 12.5. The minimum Gasteiger partial charge on any atom is -0.497 e. The Bertz CT molecular complexity index is 696. The van der Waals surface area contributed by atoms with E-state index in [9.17, 15) is 14.4 Å². The zero-order valence-electron chi connectivity index (χ0n) is 17.8. The summed E-state index contributed by atoms with van der Waals surface area (Å²) in [7, 11) is 3.31. The van der Waals surface area contributed by atoms with Gasteiger partial charge in [0.15, 0.2) is 6.61 Å². The van der Waals surface area contributed by atoms with E-state index >= 15 is 0 Å². The Morgan fingerprint density at radius 2 is 1.72 bits per heavy atom. The molecule has 1 aromatic carbocycles. The third-order valence-corrected chi connectivity index (χ3v) is 5.41. The summed E-state index contributed by atoms with van der Waals surface area (Å²) in [5.41, 5.74) is 0.414. The molecule has 1 N–H and O–H groups in total. The van der Waals surface area contributed by atoms with Crippen LogP contribution in [0.4, 0.5) is 0 Å². The molecule has 0 aliphatic heterocycles. The van der Waals surface area contributed by atoms with Crippen molar-refractivity contribution in [1.82, 2.24) is 10.2 Å². The van der Waals surface area contributed by atoms with Gasteiger partial charge in [-0.3, -0.25) is 9.59 Å². The summed E-state index contributed by atoms with van der Waals surface area (Å²) in [6.07, 6.45) is 5.42. The van der Waals surface area contributed by atoms with E-state index in [0.29, 0.717) is 11.3 Å². The van der Waals surface area contributed by atoms with E-state index in [0.717, 1.165) is 25.7 Å². The van der Waals surface area contributed by atoms with Gasteiger partial charge in [0.25, 0.3) is 11.8 Å². The maximum Gasteiger partial charge on any atom is 0.329 e. The number of methoxy groups -OCH3 is 1. The Kier molecular flexibility index (Phi) is 8.49. The van der Waals surface area contributed by atoms with Gasteiger partial charge in [0.05, 0.1) is 7.11 Å². The van der Waals surface area contributed by atoms with Crippen LogP contribution in [0.2, 0.25) is 0 Å². The fraction of sp³-hybridized carbons (Fsp3) is 0.591. The molecular formula is C22H32N2O5. The number of amides is 2. The number of ether oxygens (including phenoxy) is 2. The van der Waals surface area contributed by atoms with E-state index in [4.69, 9.17) is 9.47 Å². The number of esters is 1. The van der Waals surface area contributed by atoms with Gasteiger partial charge in [-0.25, -0.2) is 4.79 Å². The number of rotatable bonds is 8.